The number of carbonyl (C=O) groups is 2. The molecule has 4 aromatic rings. The maximum atomic E-state index is 12.2. The van der Waals surface area contributed by atoms with Crippen LogP contribution < -0.4 is 50.0 Å². The number of carbonyl (C=O) groups excluding carboxylic acids is 2. The molecule has 13 heteroatoms. The number of aliphatic carboxylic acids is 1. The second kappa shape index (κ2) is 12.5. The Labute approximate surface area is 224 Å². The van der Waals surface area contributed by atoms with Crippen LogP contribution in [0.25, 0.3) is 11.3 Å². The van der Waals surface area contributed by atoms with E-state index in [1.54, 1.807) is 42.9 Å². The number of hydrogen-bond donors (Lipinski definition) is 3. The van der Waals surface area contributed by atoms with Crippen LogP contribution in [0.4, 0.5) is 9.93 Å². The third-order valence-corrected chi connectivity index (χ3v) is 6.08. The molecule has 0 unspecified atom stereocenters. The molecule has 4 rings (SSSR count). The molecular formula is C21H17N6NaO4S2. The molecule has 2 amide bonds. The molecule has 0 aliphatic rings. The number of benzene rings is 1. The van der Waals surface area contributed by atoms with Crippen molar-refractivity contribution in [3.8, 4) is 17.0 Å². The number of imidazole rings is 1. The first-order valence-corrected chi connectivity index (χ1v) is 11.3. The monoisotopic (exact) mass is 504 g/mol. The van der Waals surface area contributed by atoms with Crippen molar-refractivity contribution >= 4 is 40.2 Å². The van der Waals surface area contributed by atoms with E-state index in [4.69, 9.17) is 4.74 Å². The minimum Gasteiger partial charge on any atom is -0.546 e. The fourth-order valence-electron chi connectivity index (χ4n) is 2.72. The number of pyridine rings is 1. The zero-order valence-electron chi connectivity index (χ0n) is 18.0. The average Bonchev–Trinajstić information content (AvgIpc) is 3.47. The number of carboxylic acid groups (broad SMARTS) is 1. The van der Waals surface area contributed by atoms with Crippen LogP contribution in [-0.2, 0) is 11.3 Å². The van der Waals surface area contributed by atoms with Crippen molar-refractivity contribution in [2.75, 3.05) is 11.9 Å². The van der Waals surface area contributed by atoms with Crippen LogP contribution in [0, 0.1) is 0 Å². The van der Waals surface area contributed by atoms with E-state index >= 15 is 0 Å². The number of ether oxygens (including phenoxy) is 1. The normalized spacial score (nSPS) is 10.2. The Morgan fingerprint density at radius 1 is 1.09 bits per heavy atom. The number of H-pyrrole nitrogens is 1. The third-order valence-electron chi connectivity index (χ3n) is 4.12. The minimum absolute atomic E-state index is 0. The van der Waals surface area contributed by atoms with Crippen molar-refractivity contribution < 1.29 is 49.0 Å². The zero-order chi connectivity index (χ0) is 23.0. The molecule has 0 aliphatic carbocycles. The molecular weight excluding hydrogens is 487 g/mol. The molecule has 0 fully saturated rings. The van der Waals surface area contributed by atoms with E-state index in [0.29, 0.717) is 28.0 Å². The summed E-state index contributed by atoms with van der Waals surface area (Å²) in [7, 11) is 0. The summed E-state index contributed by atoms with van der Waals surface area (Å²) in [6.45, 7) is -0.409. The Morgan fingerprint density at radius 2 is 1.91 bits per heavy atom. The number of urea groups is 1. The molecule has 0 aliphatic heterocycles. The van der Waals surface area contributed by atoms with Crippen LogP contribution in [-0.4, -0.2) is 38.5 Å². The third kappa shape index (κ3) is 7.30. The summed E-state index contributed by atoms with van der Waals surface area (Å²) in [5.41, 5.74) is 1.26. The summed E-state index contributed by atoms with van der Waals surface area (Å²) in [4.78, 5) is 38.7. The van der Waals surface area contributed by atoms with Gasteiger partial charge in [0.2, 0.25) is 0 Å². The molecule has 3 aromatic heterocycles. The number of nitrogens with zero attached hydrogens (tertiary/aromatic N) is 3. The van der Waals surface area contributed by atoms with Gasteiger partial charge in [-0.25, -0.2) is 19.7 Å². The number of hydrogen-bond acceptors (Lipinski definition) is 9. The largest absolute Gasteiger partial charge is 1.00 e. The van der Waals surface area contributed by atoms with Crippen LogP contribution in [0.3, 0.4) is 0 Å². The Bertz CT molecular complexity index is 1250. The van der Waals surface area contributed by atoms with E-state index in [0.717, 1.165) is 9.24 Å². The van der Waals surface area contributed by atoms with E-state index in [1.807, 2.05) is 18.2 Å². The van der Waals surface area contributed by atoms with Crippen LogP contribution in [0.1, 0.15) is 5.82 Å². The van der Waals surface area contributed by atoms with Gasteiger partial charge < -0.3 is 24.9 Å². The van der Waals surface area contributed by atoms with Crippen molar-refractivity contribution in [2.45, 2.75) is 15.8 Å². The van der Waals surface area contributed by atoms with Gasteiger partial charge in [-0.2, -0.15) is 0 Å². The number of carboxylic acids is 1. The van der Waals surface area contributed by atoms with Crippen molar-refractivity contribution in [3.05, 3.63) is 66.9 Å². The van der Waals surface area contributed by atoms with Gasteiger partial charge in [0.1, 0.15) is 23.2 Å². The summed E-state index contributed by atoms with van der Waals surface area (Å²) in [6, 6.07) is 12.2. The molecule has 168 valence electrons. The van der Waals surface area contributed by atoms with Crippen molar-refractivity contribution in [3.63, 3.8) is 0 Å². The van der Waals surface area contributed by atoms with Gasteiger partial charge >= 0.3 is 35.6 Å². The molecule has 3 heterocycles. The Kier molecular flexibility index (Phi) is 9.48. The van der Waals surface area contributed by atoms with E-state index in [9.17, 15) is 14.7 Å². The predicted molar refractivity (Wildman–Crippen MR) is 121 cm³/mol. The number of amides is 2. The fourth-order valence-corrected chi connectivity index (χ4v) is 4.50. The van der Waals surface area contributed by atoms with Crippen LogP contribution in [0.15, 0.2) is 70.3 Å². The van der Waals surface area contributed by atoms with Crippen LogP contribution >= 0.6 is 23.1 Å². The Balaban J connectivity index is 0.00000324. The van der Waals surface area contributed by atoms with Gasteiger partial charge in [-0.3, -0.25) is 5.32 Å². The van der Waals surface area contributed by atoms with Crippen LogP contribution in [0.2, 0.25) is 0 Å². The SMILES string of the molecule is O=C([O-])COc1ccccc1-c1cnc(CNC(=O)Nc2ncc(Sc3ccccn3)s2)[nH]1.[Na+]. The first-order chi connectivity index (χ1) is 16.1. The quantitative estimate of drug-likeness (QED) is 0.260. The number of para-hydroxylation sites is 1. The summed E-state index contributed by atoms with van der Waals surface area (Å²) in [6.07, 6.45) is 4.98. The van der Waals surface area contributed by atoms with Gasteiger partial charge in [-0.15, -0.1) is 0 Å². The molecule has 0 spiro atoms. The number of aromatic nitrogens is 4. The molecule has 1 aromatic carbocycles. The van der Waals surface area contributed by atoms with Crippen molar-refractivity contribution in [1.29, 1.82) is 0 Å². The smallest absolute Gasteiger partial charge is 0.546 e. The Morgan fingerprint density at radius 3 is 2.71 bits per heavy atom. The van der Waals surface area contributed by atoms with E-state index < -0.39 is 18.6 Å². The number of aromatic amines is 1. The van der Waals surface area contributed by atoms with Gasteiger partial charge in [-0.1, -0.05) is 41.3 Å². The van der Waals surface area contributed by atoms with E-state index in [2.05, 4.69) is 30.6 Å². The molecule has 0 saturated carbocycles. The minimum atomic E-state index is -1.31. The maximum absolute atomic E-state index is 12.2. The van der Waals surface area contributed by atoms with E-state index in [-0.39, 0.29) is 36.1 Å². The molecule has 0 atom stereocenters. The second-order valence-electron chi connectivity index (χ2n) is 6.46. The summed E-state index contributed by atoms with van der Waals surface area (Å²) < 4.78 is 6.17. The molecule has 3 N–H and O–H groups in total. The number of nitrogens with one attached hydrogen (secondary N) is 3. The summed E-state index contributed by atoms with van der Waals surface area (Å²) in [5, 5.41) is 17.4. The standard InChI is InChI=1S/C21H18N6O4S2.Na/c28-18(29)12-31-15-6-2-1-5-13(15)14-9-23-16(26-14)10-24-20(30)27-21-25-11-19(33-21)32-17-7-3-4-8-22-17;/h1-9,11H,10,12H2,(H,23,26)(H,28,29)(H2,24,25,27,30);/q;+1/p-1. The zero-order valence-corrected chi connectivity index (χ0v) is 21.6. The fraction of sp³-hybridized carbons (Fsp3) is 0.0952. The first kappa shape index (κ1) is 25.7. The summed E-state index contributed by atoms with van der Waals surface area (Å²) >= 11 is 2.81. The molecule has 10 nitrogen and oxygen atoms in total. The van der Waals surface area contributed by atoms with Gasteiger partial charge in [-0.05, 0) is 24.3 Å². The Hall–Kier alpha value is -2.90. The average molecular weight is 505 g/mol. The number of rotatable bonds is 9. The first-order valence-electron chi connectivity index (χ1n) is 9.62. The van der Waals surface area contributed by atoms with E-state index in [1.165, 1.54) is 23.1 Å². The van der Waals surface area contributed by atoms with Crippen molar-refractivity contribution in [1.82, 2.24) is 25.3 Å². The van der Waals surface area contributed by atoms with Gasteiger partial charge in [0, 0.05) is 11.8 Å². The maximum Gasteiger partial charge on any atom is 1.00 e. The van der Waals surface area contributed by atoms with Gasteiger partial charge in [0.15, 0.2) is 5.13 Å². The number of thiazole rings is 1. The molecule has 0 radical (unpaired) electrons. The van der Waals surface area contributed by atoms with Crippen molar-refractivity contribution in [2.24, 2.45) is 0 Å². The molecule has 0 saturated heterocycles. The van der Waals surface area contributed by atoms with Gasteiger partial charge in [0.25, 0.3) is 0 Å². The van der Waals surface area contributed by atoms with Gasteiger partial charge in [0.05, 0.1) is 34.8 Å². The molecule has 0 bridgehead atoms. The van der Waals surface area contributed by atoms with Crippen LogP contribution in [0.5, 0.6) is 5.75 Å². The second-order valence-corrected chi connectivity index (χ2v) is 8.81. The number of anilines is 1. The predicted octanol–water partition coefficient (Wildman–Crippen LogP) is -0.466. The molecule has 34 heavy (non-hydrogen) atoms. The summed E-state index contributed by atoms with van der Waals surface area (Å²) in [5.74, 6) is -0.417. The topological polar surface area (TPSA) is 145 Å².